The molecule has 2 atom stereocenters. The Labute approximate surface area is 91.6 Å². The summed E-state index contributed by atoms with van der Waals surface area (Å²) in [5.41, 5.74) is 1.25. The van der Waals surface area contributed by atoms with Gasteiger partial charge in [-0.2, -0.15) is 0 Å². The maximum Gasteiger partial charge on any atom is 0.111 e. The number of hydrogen-bond acceptors (Lipinski definition) is 2. The van der Waals surface area contributed by atoms with Crippen LogP contribution in [0.3, 0.4) is 0 Å². The average Bonchev–Trinajstić information content (AvgIpc) is 2.29. The molecule has 2 nitrogen and oxygen atoms in total. The highest BCUT2D eigenvalue weighted by molar-refractivity contribution is 5.13. The Morgan fingerprint density at radius 3 is 2.87 bits per heavy atom. The first-order valence-electron chi connectivity index (χ1n) is 5.75. The van der Waals surface area contributed by atoms with Gasteiger partial charge in [0.15, 0.2) is 0 Å². The summed E-state index contributed by atoms with van der Waals surface area (Å²) in [4.78, 5) is 0. The molecule has 1 aliphatic heterocycles. The molecule has 0 aromatic heterocycles. The van der Waals surface area contributed by atoms with Gasteiger partial charge in [-0.25, -0.2) is 0 Å². The second-order valence-corrected chi connectivity index (χ2v) is 4.29. The fraction of sp³-hybridized carbons (Fsp3) is 0.538. The van der Waals surface area contributed by atoms with Gasteiger partial charge in [-0.1, -0.05) is 37.3 Å². The average molecular weight is 205 g/mol. The number of nitrogens with one attached hydrogen (secondary N) is 1. The Morgan fingerprint density at radius 2 is 2.13 bits per heavy atom. The Hall–Kier alpha value is -0.860. The van der Waals surface area contributed by atoms with Crippen molar-refractivity contribution in [2.24, 2.45) is 5.92 Å². The second kappa shape index (κ2) is 5.29. The number of ether oxygens (including phenoxy) is 1. The van der Waals surface area contributed by atoms with Gasteiger partial charge in [-0.05, 0) is 30.9 Å². The topological polar surface area (TPSA) is 21.3 Å². The Morgan fingerprint density at radius 1 is 1.33 bits per heavy atom. The van der Waals surface area contributed by atoms with E-state index >= 15 is 0 Å². The van der Waals surface area contributed by atoms with E-state index in [1.165, 1.54) is 18.4 Å². The minimum absolute atomic E-state index is 0.235. The van der Waals surface area contributed by atoms with Gasteiger partial charge in [0.2, 0.25) is 0 Å². The lowest BCUT2D eigenvalue weighted by molar-refractivity contribution is -0.0309. The number of rotatable bonds is 3. The summed E-state index contributed by atoms with van der Waals surface area (Å²) in [5, 5.41) is 3.42. The Kier molecular flexibility index (Phi) is 3.75. The van der Waals surface area contributed by atoms with Crippen LogP contribution in [0, 0.1) is 5.92 Å². The molecule has 1 aliphatic rings. The predicted molar refractivity (Wildman–Crippen MR) is 61.4 cm³/mol. The quantitative estimate of drug-likeness (QED) is 0.818. The molecule has 0 amide bonds. The van der Waals surface area contributed by atoms with Crippen molar-refractivity contribution in [3.8, 4) is 0 Å². The molecule has 2 unspecified atom stereocenters. The van der Waals surface area contributed by atoms with E-state index in [0.717, 1.165) is 6.54 Å². The largest absolute Gasteiger partial charge is 0.358 e. The summed E-state index contributed by atoms with van der Waals surface area (Å²) >= 11 is 0. The van der Waals surface area contributed by atoms with E-state index in [-0.39, 0.29) is 6.23 Å². The predicted octanol–water partition coefficient (Wildman–Crippen LogP) is 2.55. The normalized spacial score (nSPS) is 26.5. The van der Waals surface area contributed by atoms with Crippen LogP contribution in [0.1, 0.15) is 25.3 Å². The van der Waals surface area contributed by atoms with Crippen molar-refractivity contribution in [3.63, 3.8) is 0 Å². The molecular weight excluding hydrogens is 186 g/mol. The third kappa shape index (κ3) is 3.05. The lowest BCUT2D eigenvalue weighted by Gasteiger charge is -2.29. The zero-order valence-electron chi connectivity index (χ0n) is 9.28. The molecule has 1 saturated heterocycles. The maximum atomic E-state index is 5.87. The Balaban J connectivity index is 1.82. The van der Waals surface area contributed by atoms with Gasteiger partial charge < -0.3 is 4.74 Å². The lowest BCUT2D eigenvalue weighted by Crippen LogP contribution is -2.41. The van der Waals surface area contributed by atoms with Crippen molar-refractivity contribution in [3.05, 3.63) is 35.9 Å². The van der Waals surface area contributed by atoms with Gasteiger partial charge >= 0.3 is 0 Å². The van der Waals surface area contributed by atoms with Crippen LogP contribution in [0.4, 0.5) is 0 Å². The summed E-state index contributed by atoms with van der Waals surface area (Å²) < 4.78 is 5.87. The molecule has 15 heavy (non-hydrogen) atoms. The molecule has 1 aromatic rings. The van der Waals surface area contributed by atoms with E-state index in [9.17, 15) is 0 Å². The second-order valence-electron chi connectivity index (χ2n) is 4.29. The first-order chi connectivity index (χ1) is 7.36. The SMILES string of the molecule is CC1CCCNC1OCc1ccccc1. The monoisotopic (exact) mass is 205 g/mol. The van der Waals surface area contributed by atoms with Gasteiger partial charge in [-0.15, -0.1) is 0 Å². The summed E-state index contributed by atoms with van der Waals surface area (Å²) in [6.07, 6.45) is 2.78. The highest BCUT2D eigenvalue weighted by Crippen LogP contribution is 2.17. The van der Waals surface area contributed by atoms with Gasteiger partial charge in [-0.3, -0.25) is 5.32 Å². The number of piperidine rings is 1. The standard InChI is InChI=1S/C13H19NO/c1-11-6-5-9-14-13(11)15-10-12-7-3-2-4-8-12/h2-4,7-8,11,13-14H,5-6,9-10H2,1H3. The molecule has 82 valence electrons. The third-order valence-electron chi connectivity index (χ3n) is 2.97. The van der Waals surface area contributed by atoms with E-state index in [4.69, 9.17) is 4.74 Å². The van der Waals surface area contributed by atoms with Gasteiger partial charge in [0.25, 0.3) is 0 Å². The van der Waals surface area contributed by atoms with Crippen molar-refractivity contribution < 1.29 is 4.74 Å². The Bertz CT molecular complexity index is 286. The highest BCUT2D eigenvalue weighted by Gasteiger charge is 2.20. The summed E-state index contributed by atoms with van der Waals surface area (Å²) in [7, 11) is 0. The smallest absolute Gasteiger partial charge is 0.111 e. The van der Waals surface area contributed by atoms with E-state index < -0.39 is 0 Å². The zero-order valence-corrected chi connectivity index (χ0v) is 9.28. The first kappa shape index (κ1) is 10.7. The van der Waals surface area contributed by atoms with Crippen molar-refractivity contribution in [2.75, 3.05) is 6.54 Å². The molecule has 0 bridgehead atoms. The molecular formula is C13H19NO. The van der Waals surface area contributed by atoms with Gasteiger partial charge in [0.05, 0.1) is 6.61 Å². The molecule has 2 rings (SSSR count). The van der Waals surface area contributed by atoms with Crippen molar-refractivity contribution in [1.29, 1.82) is 0 Å². The summed E-state index contributed by atoms with van der Waals surface area (Å²) in [6.45, 7) is 4.05. The van der Waals surface area contributed by atoms with Crippen LogP contribution >= 0.6 is 0 Å². The molecule has 0 spiro atoms. The van der Waals surface area contributed by atoms with Gasteiger partial charge in [0, 0.05) is 0 Å². The fourth-order valence-electron chi connectivity index (χ4n) is 2.00. The van der Waals surface area contributed by atoms with Crippen LogP contribution in [0.5, 0.6) is 0 Å². The molecule has 0 saturated carbocycles. The summed E-state index contributed by atoms with van der Waals surface area (Å²) in [5.74, 6) is 0.627. The van der Waals surface area contributed by atoms with Crippen LogP contribution in [0.15, 0.2) is 30.3 Å². The summed E-state index contributed by atoms with van der Waals surface area (Å²) in [6, 6.07) is 10.3. The van der Waals surface area contributed by atoms with Crippen molar-refractivity contribution >= 4 is 0 Å². The minimum Gasteiger partial charge on any atom is -0.358 e. The number of hydrogen-bond donors (Lipinski definition) is 1. The van der Waals surface area contributed by atoms with E-state index in [1.807, 2.05) is 6.07 Å². The van der Waals surface area contributed by atoms with Crippen molar-refractivity contribution in [1.82, 2.24) is 5.32 Å². The van der Waals surface area contributed by atoms with Crippen LogP contribution in [0.25, 0.3) is 0 Å². The van der Waals surface area contributed by atoms with Crippen LogP contribution in [-0.2, 0) is 11.3 Å². The van der Waals surface area contributed by atoms with Crippen LogP contribution in [0.2, 0.25) is 0 Å². The molecule has 0 radical (unpaired) electrons. The molecule has 0 aliphatic carbocycles. The highest BCUT2D eigenvalue weighted by atomic mass is 16.5. The molecule has 1 heterocycles. The van der Waals surface area contributed by atoms with E-state index in [2.05, 4.69) is 36.5 Å². The number of benzene rings is 1. The first-order valence-corrected chi connectivity index (χ1v) is 5.75. The maximum absolute atomic E-state index is 5.87. The lowest BCUT2D eigenvalue weighted by atomic mass is 10.00. The zero-order chi connectivity index (χ0) is 10.5. The third-order valence-corrected chi connectivity index (χ3v) is 2.97. The fourth-order valence-corrected chi connectivity index (χ4v) is 2.00. The molecule has 2 heteroatoms. The van der Waals surface area contributed by atoms with E-state index in [1.54, 1.807) is 0 Å². The van der Waals surface area contributed by atoms with Crippen molar-refractivity contribution in [2.45, 2.75) is 32.6 Å². The minimum atomic E-state index is 0.235. The van der Waals surface area contributed by atoms with Crippen LogP contribution in [-0.4, -0.2) is 12.8 Å². The molecule has 1 fully saturated rings. The van der Waals surface area contributed by atoms with Crippen LogP contribution < -0.4 is 5.32 Å². The van der Waals surface area contributed by atoms with Gasteiger partial charge in [0.1, 0.15) is 6.23 Å². The molecule has 1 aromatic carbocycles. The molecule has 1 N–H and O–H groups in total. The van der Waals surface area contributed by atoms with E-state index in [0.29, 0.717) is 12.5 Å².